The van der Waals surface area contributed by atoms with E-state index < -0.39 is 36.8 Å². The third kappa shape index (κ3) is 5.65. The van der Waals surface area contributed by atoms with Crippen molar-refractivity contribution in [3.8, 4) is 5.75 Å². The summed E-state index contributed by atoms with van der Waals surface area (Å²) in [5, 5.41) is 3.63. The Morgan fingerprint density at radius 3 is 2.00 bits per heavy atom. The van der Waals surface area contributed by atoms with Crippen LogP contribution in [0.4, 0.5) is 13.2 Å². The van der Waals surface area contributed by atoms with E-state index in [0.717, 1.165) is 18.3 Å². The minimum Gasteiger partial charge on any atom is -0.378 e. The van der Waals surface area contributed by atoms with Gasteiger partial charge in [0.2, 0.25) is 0 Å². The average Bonchev–Trinajstić information content (AvgIpc) is 2.75. The van der Waals surface area contributed by atoms with Crippen LogP contribution in [0.2, 0.25) is 0 Å². The summed E-state index contributed by atoms with van der Waals surface area (Å²) < 4.78 is 92.4. The Morgan fingerprint density at radius 2 is 1.38 bits per heavy atom. The van der Waals surface area contributed by atoms with Crippen molar-refractivity contribution in [2.45, 2.75) is 16.0 Å². The molecular formula is C20H15F3N2O5S2. The van der Waals surface area contributed by atoms with E-state index >= 15 is 0 Å². The molecule has 3 rings (SSSR count). The standard InChI is InChI=1S/C20H15F3N2O5S2/c21-20(22,23)16-10-12-18(13-11-16)32(28,29)30-19-9-5-4-6-15(19)14-24-25-31(26,27)17-7-2-1-3-8-17/h1-14,25H. The number of para-hydroxylation sites is 1. The molecular weight excluding hydrogens is 469 g/mol. The first-order valence-electron chi connectivity index (χ1n) is 8.80. The second-order valence-electron chi connectivity index (χ2n) is 6.26. The molecule has 3 aromatic carbocycles. The minimum atomic E-state index is -4.61. The number of sulfonamides is 1. The van der Waals surface area contributed by atoms with Gasteiger partial charge in [0.25, 0.3) is 10.0 Å². The van der Waals surface area contributed by atoms with Gasteiger partial charge in [-0.25, -0.2) is 4.83 Å². The highest BCUT2D eigenvalue weighted by atomic mass is 32.2. The molecule has 0 aliphatic carbocycles. The molecule has 1 N–H and O–H groups in total. The molecule has 0 amide bonds. The molecule has 0 saturated heterocycles. The zero-order chi connectivity index (χ0) is 23.4. The summed E-state index contributed by atoms with van der Waals surface area (Å²) in [4.78, 5) is 1.49. The normalized spacial score (nSPS) is 12.6. The van der Waals surface area contributed by atoms with Crippen LogP contribution < -0.4 is 9.01 Å². The second kappa shape index (κ2) is 9.01. The molecule has 0 heterocycles. The largest absolute Gasteiger partial charge is 0.416 e. The lowest BCUT2D eigenvalue weighted by Crippen LogP contribution is -2.18. The number of hydrogen-bond acceptors (Lipinski definition) is 6. The lowest BCUT2D eigenvalue weighted by atomic mass is 10.2. The van der Waals surface area contributed by atoms with Gasteiger partial charge in [-0.3, -0.25) is 0 Å². The van der Waals surface area contributed by atoms with Crippen molar-refractivity contribution < 1.29 is 34.2 Å². The highest BCUT2D eigenvalue weighted by molar-refractivity contribution is 7.89. The molecule has 32 heavy (non-hydrogen) atoms. The predicted molar refractivity (Wildman–Crippen MR) is 110 cm³/mol. The Hall–Kier alpha value is -3.38. The van der Waals surface area contributed by atoms with Gasteiger partial charge in [-0.15, -0.1) is 0 Å². The second-order valence-corrected chi connectivity index (χ2v) is 9.47. The van der Waals surface area contributed by atoms with Crippen molar-refractivity contribution in [2.75, 3.05) is 0 Å². The molecule has 0 atom stereocenters. The Morgan fingerprint density at radius 1 is 0.781 bits per heavy atom. The van der Waals surface area contributed by atoms with Crippen molar-refractivity contribution in [1.29, 1.82) is 0 Å². The molecule has 3 aromatic rings. The highest BCUT2D eigenvalue weighted by Gasteiger charge is 2.31. The summed E-state index contributed by atoms with van der Waals surface area (Å²) in [7, 11) is -8.40. The molecule has 12 heteroatoms. The first kappa shape index (κ1) is 23.3. The number of halogens is 3. The lowest BCUT2D eigenvalue weighted by molar-refractivity contribution is -0.137. The van der Waals surface area contributed by atoms with E-state index in [2.05, 4.69) is 5.10 Å². The fraction of sp³-hybridized carbons (Fsp3) is 0.0500. The molecule has 0 aliphatic heterocycles. The molecule has 0 bridgehead atoms. The highest BCUT2D eigenvalue weighted by Crippen LogP contribution is 2.30. The Kier molecular flexibility index (Phi) is 6.55. The molecule has 0 spiro atoms. The number of nitrogens with one attached hydrogen (secondary N) is 1. The minimum absolute atomic E-state index is 0.0217. The van der Waals surface area contributed by atoms with Crippen LogP contribution in [0.25, 0.3) is 0 Å². The zero-order valence-electron chi connectivity index (χ0n) is 16.0. The van der Waals surface area contributed by atoms with Crippen molar-refractivity contribution >= 4 is 26.4 Å². The van der Waals surface area contributed by atoms with Gasteiger partial charge in [-0.05, 0) is 48.5 Å². The number of hydrazone groups is 1. The van der Waals surface area contributed by atoms with Crippen LogP contribution in [0, 0.1) is 0 Å². The number of alkyl halides is 3. The third-order valence-electron chi connectivity index (χ3n) is 4.02. The van der Waals surface area contributed by atoms with Gasteiger partial charge in [0, 0.05) is 5.56 Å². The number of nitrogens with zero attached hydrogens (tertiary/aromatic N) is 1. The molecule has 0 radical (unpaired) electrons. The van der Waals surface area contributed by atoms with E-state index in [1.54, 1.807) is 6.07 Å². The van der Waals surface area contributed by atoms with Crippen LogP contribution in [0.5, 0.6) is 5.75 Å². The van der Waals surface area contributed by atoms with Crippen molar-refractivity contribution in [1.82, 2.24) is 4.83 Å². The number of rotatable bonds is 7. The summed E-state index contributed by atoms with van der Waals surface area (Å²) in [6, 6.07) is 16.0. The van der Waals surface area contributed by atoms with E-state index in [9.17, 15) is 30.0 Å². The molecule has 0 aliphatic rings. The van der Waals surface area contributed by atoms with Crippen LogP contribution in [0.3, 0.4) is 0 Å². The van der Waals surface area contributed by atoms with Crippen LogP contribution >= 0.6 is 0 Å². The van der Waals surface area contributed by atoms with Gasteiger partial charge >= 0.3 is 16.3 Å². The first-order chi connectivity index (χ1) is 15.0. The Bertz CT molecular complexity index is 1320. The smallest absolute Gasteiger partial charge is 0.378 e. The monoisotopic (exact) mass is 484 g/mol. The van der Waals surface area contributed by atoms with Crippen molar-refractivity contribution in [3.63, 3.8) is 0 Å². The van der Waals surface area contributed by atoms with Gasteiger partial charge in [-0.1, -0.05) is 30.3 Å². The number of hydrogen-bond donors (Lipinski definition) is 1. The van der Waals surface area contributed by atoms with Crippen LogP contribution in [0.15, 0.2) is 93.8 Å². The summed E-state index contributed by atoms with van der Waals surface area (Å²) in [6.45, 7) is 0. The summed E-state index contributed by atoms with van der Waals surface area (Å²) >= 11 is 0. The predicted octanol–water partition coefficient (Wildman–Crippen LogP) is 3.79. The lowest BCUT2D eigenvalue weighted by Gasteiger charge is -2.11. The average molecular weight is 484 g/mol. The maximum absolute atomic E-state index is 12.7. The fourth-order valence-electron chi connectivity index (χ4n) is 2.46. The molecule has 0 aromatic heterocycles. The van der Waals surface area contributed by atoms with Gasteiger partial charge < -0.3 is 4.18 Å². The van der Waals surface area contributed by atoms with Crippen LogP contribution in [-0.4, -0.2) is 23.1 Å². The zero-order valence-corrected chi connectivity index (χ0v) is 17.7. The van der Waals surface area contributed by atoms with E-state index in [-0.39, 0.29) is 16.2 Å². The van der Waals surface area contributed by atoms with Crippen LogP contribution in [-0.2, 0) is 26.3 Å². The van der Waals surface area contributed by atoms with E-state index in [4.69, 9.17) is 4.18 Å². The SMILES string of the molecule is O=S(=O)(NN=Cc1ccccc1OS(=O)(=O)c1ccc(C(F)(F)F)cc1)c1ccccc1. The maximum Gasteiger partial charge on any atom is 0.416 e. The molecule has 0 saturated carbocycles. The Balaban J connectivity index is 1.80. The molecule has 168 valence electrons. The van der Waals surface area contributed by atoms with Gasteiger partial charge in [0.05, 0.1) is 16.7 Å². The molecule has 7 nitrogen and oxygen atoms in total. The summed E-state index contributed by atoms with van der Waals surface area (Å²) in [6.07, 6.45) is -3.57. The van der Waals surface area contributed by atoms with Crippen LogP contribution in [0.1, 0.15) is 11.1 Å². The molecule has 0 fully saturated rings. The number of benzene rings is 3. The summed E-state index contributed by atoms with van der Waals surface area (Å²) in [5.74, 6) is -0.199. The van der Waals surface area contributed by atoms with E-state index in [1.165, 1.54) is 48.5 Å². The van der Waals surface area contributed by atoms with E-state index in [0.29, 0.717) is 12.1 Å². The maximum atomic E-state index is 12.7. The fourth-order valence-corrected chi connectivity index (χ4v) is 4.22. The van der Waals surface area contributed by atoms with Gasteiger partial charge in [0.1, 0.15) is 4.90 Å². The topological polar surface area (TPSA) is 102 Å². The molecule has 0 unspecified atom stereocenters. The van der Waals surface area contributed by atoms with Crippen molar-refractivity contribution in [2.24, 2.45) is 5.10 Å². The third-order valence-corrected chi connectivity index (χ3v) is 6.51. The van der Waals surface area contributed by atoms with Crippen molar-refractivity contribution in [3.05, 3.63) is 90.0 Å². The first-order valence-corrected chi connectivity index (χ1v) is 11.7. The van der Waals surface area contributed by atoms with E-state index in [1.807, 2.05) is 4.83 Å². The Labute approximate surface area is 182 Å². The van der Waals surface area contributed by atoms with Gasteiger partial charge in [0.15, 0.2) is 5.75 Å². The van der Waals surface area contributed by atoms with Gasteiger partial charge in [-0.2, -0.15) is 35.1 Å². The summed E-state index contributed by atoms with van der Waals surface area (Å²) in [5.41, 5.74) is -0.895. The quantitative estimate of drug-likeness (QED) is 0.312.